The number of hydrogen-bond acceptors (Lipinski definition) is 2. The van der Waals surface area contributed by atoms with Gasteiger partial charge in [-0.1, -0.05) is 54.6 Å². The van der Waals surface area contributed by atoms with Crippen molar-refractivity contribution in [1.82, 2.24) is 0 Å². The van der Waals surface area contributed by atoms with Crippen molar-refractivity contribution in [3.63, 3.8) is 0 Å². The van der Waals surface area contributed by atoms with Crippen molar-refractivity contribution < 1.29 is 4.74 Å². The van der Waals surface area contributed by atoms with Gasteiger partial charge in [0.1, 0.15) is 0 Å². The molecule has 2 rings (SSSR count). The third-order valence-electron chi connectivity index (χ3n) is 2.90. The molecule has 2 aromatic carbocycles. The molecule has 0 spiro atoms. The summed E-state index contributed by atoms with van der Waals surface area (Å²) in [5.74, 6) is 0. The van der Waals surface area contributed by atoms with Crippen LogP contribution in [-0.2, 0) is 24.4 Å². The van der Waals surface area contributed by atoms with E-state index in [4.69, 9.17) is 10.5 Å². The van der Waals surface area contributed by atoms with Gasteiger partial charge in [0.05, 0.1) is 13.2 Å². The quantitative estimate of drug-likeness (QED) is 0.844. The molecule has 18 heavy (non-hydrogen) atoms. The molecule has 0 aliphatic carbocycles. The summed E-state index contributed by atoms with van der Waals surface area (Å²) in [6.45, 7) is 1.97. The number of nitrogens with two attached hydrogens (primary N) is 1. The van der Waals surface area contributed by atoms with E-state index in [-0.39, 0.29) is 0 Å². The Balaban J connectivity index is 1.90. The largest absolute Gasteiger partial charge is 0.372 e. The van der Waals surface area contributed by atoms with Crippen molar-refractivity contribution in [1.29, 1.82) is 0 Å². The molecule has 0 saturated heterocycles. The molecular weight excluding hydrogens is 222 g/mol. The lowest BCUT2D eigenvalue weighted by Gasteiger charge is -2.09. The van der Waals surface area contributed by atoms with Crippen molar-refractivity contribution in [2.75, 3.05) is 6.54 Å². The second-order valence-electron chi connectivity index (χ2n) is 4.29. The molecule has 0 unspecified atom stereocenters. The first-order chi connectivity index (χ1) is 8.90. The summed E-state index contributed by atoms with van der Waals surface area (Å²) < 4.78 is 5.75. The van der Waals surface area contributed by atoms with Crippen molar-refractivity contribution in [3.05, 3.63) is 71.3 Å². The molecule has 94 valence electrons. The van der Waals surface area contributed by atoms with Crippen LogP contribution in [0, 0.1) is 0 Å². The van der Waals surface area contributed by atoms with E-state index in [2.05, 4.69) is 24.3 Å². The fourth-order valence-corrected chi connectivity index (χ4v) is 1.95. The molecule has 0 bridgehead atoms. The smallest absolute Gasteiger partial charge is 0.0724 e. The van der Waals surface area contributed by atoms with E-state index in [1.54, 1.807) is 0 Å². The Morgan fingerprint density at radius 3 is 2.17 bits per heavy atom. The molecule has 0 aromatic heterocycles. The van der Waals surface area contributed by atoms with Crippen molar-refractivity contribution in [2.24, 2.45) is 5.73 Å². The van der Waals surface area contributed by atoms with Gasteiger partial charge in [0.2, 0.25) is 0 Å². The van der Waals surface area contributed by atoms with Gasteiger partial charge in [-0.25, -0.2) is 0 Å². The van der Waals surface area contributed by atoms with Gasteiger partial charge >= 0.3 is 0 Å². The van der Waals surface area contributed by atoms with E-state index in [0.717, 1.165) is 6.42 Å². The van der Waals surface area contributed by atoms with Crippen molar-refractivity contribution in [2.45, 2.75) is 19.6 Å². The van der Waals surface area contributed by atoms with E-state index in [1.165, 1.54) is 16.7 Å². The van der Waals surface area contributed by atoms with E-state index < -0.39 is 0 Å². The van der Waals surface area contributed by atoms with Crippen LogP contribution < -0.4 is 5.73 Å². The Bertz CT molecular complexity index is 468. The van der Waals surface area contributed by atoms with Gasteiger partial charge in [-0.2, -0.15) is 0 Å². The number of benzene rings is 2. The molecule has 0 saturated carbocycles. The average Bonchev–Trinajstić information content (AvgIpc) is 2.42. The molecule has 0 heterocycles. The molecule has 2 aromatic rings. The third-order valence-corrected chi connectivity index (χ3v) is 2.90. The second-order valence-corrected chi connectivity index (χ2v) is 4.29. The SMILES string of the molecule is NCCc1ccccc1COCc1ccccc1. The normalized spacial score (nSPS) is 10.5. The highest BCUT2D eigenvalue weighted by Crippen LogP contribution is 2.11. The Morgan fingerprint density at radius 1 is 0.778 bits per heavy atom. The first kappa shape index (κ1) is 12.8. The molecular formula is C16H19NO. The van der Waals surface area contributed by atoms with Gasteiger partial charge in [-0.15, -0.1) is 0 Å². The Labute approximate surface area is 108 Å². The summed E-state index contributed by atoms with van der Waals surface area (Å²) >= 11 is 0. The molecule has 0 aliphatic heterocycles. The minimum Gasteiger partial charge on any atom is -0.372 e. The van der Waals surface area contributed by atoms with Crippen LogP contribution in [0.2, 0.25) is 0 Å². The second kappa shape index (κ2) is 6.94. The standard InChI is InChI=1S/C16H19NO/c17-11-10-15-8-4-5-9-16(15)13-18-12-14-6-2-1-3-7-14/h1-9H,10-13,17H2. The lowest BCUT2D eigenvalue weighted by Crippen LogP contribution is -2.06. The topological polar surface area (TPSA) is 35.2 Å². The van der Waals surface area contributed by atoms with E-state index in [0.29, 0.717) is 19.8 Å². The fraction of sp³-hybridized carbons (Fsp3) is 0.250. The van der Waals surface area contributed by atoms with Gasteiger partial charge in [-0.3, -0.25) is 0 Å². The fourth-order valence-electron chi connectivity index (χ4n) is 1.95. The summed E-state index contributed by atoms with van der Waals surface area (Å²) in [7, 11) is 0. The van der Waals surface area contributed by atoms with E-state index in [1.807, 2.05) is 30.3 Å². The summed E-state index contributed by atoms with van der Waals surface area (Å²) in [6.07, 6.45) is 0.908. The van der Waals surface area contributed by atoms with Gasteiger partial charge in [0.25, 0.3) is 0 Å². The zero-order valence-electron chi connectivity index (χ0n) is 10.5. The highest BCUT2D eigenvalue weighted by atomic mass is 16.5. The highest BCUT2D eigenvalue weighted by Gasteiger charge is 2.01. The number of hydrogen-bond donors (Lipinski definition) is 1. The first-order valence-electron chi connectivity index (χ1n) is 6.28. The van der Waals surface area contributed by atoms with Crippen LogP contribution in [0.25, 0.3) is 0 Å². The van der Waals surface area contributed by atoms with Crippen LogP contribution in [0.1, 0.15) is 16.7 Å². The first-order valence-corrected chi connectivity index (χ1v) is 6.28. The van der Waals surface area contributed by atoms with Crippen molar-refractivity contribution >= 4 is 0 Å². The minimum atomic E-state index is 0.644. The molecule has 0 amide bonds. The molecule has 0 aliphatic rings. The summed E-state index contributed by atoms with van der Waals surface area (Å²) in [4.78, 5) is 0. The van der Waals surface area contributed by atoms with Crippen LogP contribution in [0.4, 0.5) is 0 Å². The van der Waals surface area contributed by atoms with Crippen LogP contribution >= 0.6 is 0 Å². The monoisotopic (exact) mass is 241 g/mol. The van der Waals surface area contributed by atoms with E-state index >= 15 is 0 Å². The third kappa shape index (κ3) is 3.69. The molecule has 0 atom stereocenters. The van der Waals surface area contributed by atoms with Gasteiger partial charge in [0.15, 0.2) is 0 Å². The zero-order valence-corrected chi connectivity index (χ0v) is 10.5. The Morgan fingerprint density at radius 2 is 1.44 bits per heavy atom. The lowest BCUT2D eigenvalue weighted by atomic mass is 10.1. The van der Waals surface area contributed by atoms with Gasteiger partial charge < -0.3 is 10.5 Å². The van der Waals surface area contributed by atoms with E-state index in [9.17, 15) is 0 Å². The number of rotatable bonds is 6. The predicted molar refractivity (Wildman–Crippen MR) is 74.1 cm³/mol. The lowest BCUT2D eigenvalue weighted by molar-refractivity contribution is 0.106. The maximum Gasteiger partial charge on any atom is 0.0724 e. The summed E-state index contributed by atoms with van der Waals surface area (Å²) in [5.41, 5.74) is 9.33. The maximum atomic E-state index is 5.75. The highest BCUT2D eigenvalue weighted by molar-refractivity contribution is 5.26. The molecule has 2 heteroatoms. The Hall–Kier alpha value is -1.64. The van der Waals surface area contributed by atoms with Gasteiger partial charge in [-0.05, 0) is 29.7 Å². The van der Waals surface area contributed by atoms with Crippen LogP contribution in [0.3, 0.4) is 0 Å². The zero-order chi connectivity index (χ0) is 12.6. The minimum absolute atomic E-state index is 0.644. The summed E-state index contributed by atoms with van der Waals surface area (Å²) in [5, 5.41) is 0. The van der Waals surface area contributed by atoms with Crippen molar-refractivity contribution in [3.8, 4) is 0 Å². The predicted octanol–water partition coefficient (Wildman–Crippen LogP) is 2.90. The molecule has 0 radical (unpaired) electrons. The molecule has 2 nitrogen and oxygen atoms in total. The number of ether oxygens (including phenoxy) is 1. The molecule has 2 N–H and O–H groups in total. The van der Waals surface area contributed by atoms with Gasteiger partial charge in [0, 0.05) is 0 Å². The molecule has 0 fully saturated rings. The van der Waals surface area contributed by atoms with Crippen LogP contribution in [0.15, 0.2) is 54.6 Å². The average molecular weight is 241 g/mol. The Kier molecular flexibility index (Phi) is 4.94. The summed E-state index contributed by atoms with van der Waals surface area (Å²) in [6, 6.07) is 18.5. The van der Waals surface area contributed by atoms with Crippen LogP contribution in [-0.4, -0.2) is 6.54 Å². The van der Waals surface area contributed by atoms with Crippen LogP contribution in [0.5, 0.6) is 0 Å². The maximum absolute atomic E-state index is 5.75.